The highest BCUT2D eigenvalue weighted by atomic mass is 35.5. The van der Waals surface area contributed by atoms with Crippen LogP contribution in [0, 0.1) is 6.92 Å². The van der Waals surface area contributed by atoms with Crippen LogP contribution in [0.4, 0.5) is 0 Å². The SMILES string of the molecule is Cc1cc(Cl)ccc1OC(C)C(=O)OCC(=O)N1CCN(C(=O)c2cccs2)CC1. The number of piperazine rings is 1. The van der Waals surface area contributed by atoms with Crippen LogP contribution in [0.2, 0.25) is 5.02 Å². The molecular weight excluding hydrogens is 428 g/mol. The summed E-state index contributed by atoms with van der Waals surface area (Å²) in [6.45, 7) is 4.75. The van der Waals surface area contributed by atoms with Gasteiger partial charge in [0.25, 0.3) is 11.8 Å². The number of carbonyl (C=O) groups excluding carboxylic acids is 3. The van der Waals surface area contributed by atoms with E-state index in [0.29, 0.717) is 41.8 Å². The van der Waals surface area contributed by atoms with Gasteiger partial charge in [0.05, 0.1) is 4.88 Å². The van der Waals surface area contributed by atoms with Crippen molar-refractivity contribution in [1.82, 2.24) is 9.80 Å². The van der Waals surface area contributed by atoms with Gasteiger partial charge in [-0.05, 0) is 49.1 Å². The zero-order valence-corrected chi connectivity index (χ0v) is 18.4. The molecule has 7 nitrogen and oxygen atoms in total. The lowest BCUT2D eigenvalue weighted by molar-refractivity contribution is -0.157. The Kier molecular flexibility index (Phi) is 7.33. The van der Waals surface area contributed by atoms with Crippen molar-refractivity contribution in [2.24, 2.45) is 0 Å². The molecule has 2 amide bonds. The predicted molar refractivity (Wildman–Crippen MR) is 114 cm³/mol. The summed E-state index contributed by atoms with van der Waals surface area (Å²) >= 11 is 7.32. The molecule has 160 valence electrons. The van der Waals surface area contributed by atoms with E-state index in [1.807, 2.05) is 18.4 Å². The molecule has 2 heterocycles. The van der Waals surface area contributed by atoms with Crippen molar-refractivity contribution >= 4 is 40.7 Å². The summed E-state index contributed by atoms with van der Waals surface area (Å²) in [6.07, 6.45) is -0.863. The fourth-order valence-electron chi connectivity index (χ4n) is 3.04. The molecule has 1 aliphatic heterocycles. The van der Waals surface area contributed by atoms with Crippen molar-refractivity contribution in [1.29, 1.82) is 0 Å². The van der Waals surface area contributed by atoms with Crippen LogP contribution in [0.15, 0.2) is 35.7 Å². The average molecular weight is 451 g/mol. The fourth-order valence-corrected chi connectivity index (χ4v) is 3.96. The number of benzene rings is 1. The third kappa shape index (κ3) is 5.52. The third-order valence-corrected chi connectivity index (χ3v) is 5.86. The second-order valence-corrected chi connectivity index (χ2v) is 8.31. The zero-order valence-electron chi connectivity index (χ0n) is 16.8. The minimum Gasteiger partial charge on any atom is -0.479 e. The number of aryl methyl sites for hydroxylation is 1. The lowest BCUT2D eigenvalue weighted by atomic mass is 10.2. The van der Waals surface area contributed by atoms with E-state index >= 15 is 0 Å². The molecule has 0 bridgehead atoms. The van der Waals surface area contributed by atoms with Gasteiger partial charge in [-0.3, -0.25) is 9.59 Å². The number of rotatable bonds is 6. The van der Waals surface area contributed by atoms with E-state index < -0.39 is 12.1 Å². The number of carbonyl (C=O) groups is 3. The Morgan fingerprint density at radius 1 is 1.13 bits per heavy atom. The van der Waals surface area contributed by atoms with Crippen molar-refractivity contribution in [3.8, 4) is 5.75 Å². The summed E-state index contributed by atoms with van der Waals surface area (Å²) < 4.78 is 10.7. The summed E-state index contributed by atoms with van der Waals surface area (Å²) in [6, 6.07) is 8.73. The lowest BCUT2D eigenvalue weighted by Gasteiger charge is -2.34. The van der Waals surface area contributed by atoms with Gasteiger partial charge in [0.15, 0.2) is 12.7 Å². The van der Waals surface area contributed by atoms with E-state index in [-0.39, 0.29) is 18.4 Å². The maximum Gasteiger partial charge on any atom is 0.347 e. The van der Waals surface area contributed by atoms with Crippen LogP contribution in [-0.2, 0) is 14.3 Å². The first-order valence-corrected chi connectivity index (χ1v) is 10.8. The predicted octanol–water partition coefficient (Wildman–Crippen LogP) is 3.01. The molecule has 1 unspecified atom stereocenters. The molecule has 1 aromatic heterocycles. The highest BCUT2D eigenvalue weighted by Crippen LogP contribution is 2.23. The second kappa shape index (κ2) is 9.95. The maximum absolute atomic E-state index is 12.4. The van der Waals surface area contributed by atoms with Crippen LogP contribution in [-0.4, -0.2) is 66.5 Å². The van der Waals surface area contributed by atoms with E-state index in [1.165, 1.54) is 11.3 Å². The monoisotopic (exact) mass is 450 g/mol. The van der Waals surface area contributed by atoms with Gasteiger partial charge in [0.1, 0.15) is 5.75 Å². The van der Waals surface area contributed by atoms with E-state index in [9.17, 15) is 14.4 Å². The molecule has 30 heavy (non-hydrogen) atoms. The van der Waals surface area contributed by atoms with Crippen molar-refractivity contribution in [3.05, 3.63) is 51.2 Å². The molecule has 1 atom stereocenters. The largest absolute Gasteiger partial charge is 0.479 e. The topological polar surface area (TPSA) is 76.2 Å². The van der Waals surface area contributed by atoms with Crippen molar-refractivity contribution in [2.75, 3.05) is 32.8 Å². The van der Waals surface area contributed by atoms with Gasteiger partial charge in [0, 0.05) is 31.2 Å². The van der Waals surface area contributed by atoms with Crippen LogP contribution < -0.4 is 4.74 Å². The van der Waals surface area contributed by atoms with Crippen LogP contribution >= 0.6 is 22.9 Å². The molecule has 1 saturated heterocycles. The summed E-state index contributed by atoms with van der Waals surface area (Å²) in [5.41, 5.74) is 0.799. The Hall–Kier alpha value is -2.58. The molecule has 1 aromatic carbocycles. The molecule has 1 fully saturated rings. The number of ether oxygens (including phenoxy) is 2. The van der Waals surface area contributed by atoms with Crippen LogP contribution in [0.25, 0.3) is 0 Å². The van der Waals surface area contributed by atoms with Gasteiger partial charge in [-0.1, -0.05) is 17.7 Å². The van der Waals surface area contributed by atoms with E-state index in [1.54, 1.807) is 41.0 Å². The van der Waals surface area contributed by atoms with Crippen molar-refractivity contribution < 1.29 is 23.9 Å². The number of hydrogen-bond acceptors (Lipinski definition) is 6. The first-order chi connectivity index (χ1) is 14.3. The Bertz CT molecular complexity index is 910. The number of thiophene rings is 1. The average Bonchev–Trinajstić information content (AvgIpc) is 3.28. The van der Waals surface area contributed by atoms with Gasteiger partial charge in [-0.25, -0.2) is 4.79 Å². The molecule has 0 N–H and O–H groups in total. The number of nitrogens with zero attached hydrogens (tertiary/aromatic N) is 2. The quantitative estimate of drug-likeness (QED) is 0.632. The molecule has 0 saturated carbocycles. The molecule has 0 radical (unpaired) electrons. The summed E-state index contributed by atoms with van der Waals surface area (Å²) in [5, 5.41) is 2.44. The first-order valence-electron chi connectivity index (χ1n) is 9.55. The summed E-state index contributed by atoms with van der Waals surface area (Å²) in [7, 11) is 0. The van der Waals surface area contributed by atoms with Gasteiger partial charge in [0.2, 0.25) is 0 Å². The van der Waals surface area contributed by atoms with Gasteiger partial charge in [-0.15, -0.1) is 11.3 Å². The second-order valence-electron chi connectivity index (χ2n) is 6.93. The van der Waals surface area contributed by atoms with Gasteiger partial charge >= 0.3 is 5.97 Å². The highest BCUT2D eigenvalue weighted by molar-refractivity contribution is 7.12. The molecule has 9 heteroatoms. The zero-order chi connectivity index (χ0) is 21.7. The van der Waals surface area contributed by atoms with Crippen LogP contribution in [0.1, 0.15) is 22.2 Å². The fraction of sp³-hybridized carbons (Fsp3) is 0.381. The van der Waals surface area contributed by atoms with E-state index in [0.717, 1.165) is 5.56 Å². The summed E-state index contributed by atoms with van der Waals surface area (Å²) in [5.74, 6) is -0.403. The van der Waals surface area contributed by atoms with Gasteiger partial charge < -0.3 is 19.3 Å². The molecule has 0 aliphatic carbocycles. The minimum absolute atomic E-state index is 0.0213. The Labute approximate surface area is 184 Å². The lowest BCUT2D eigenvalue weighted by Crippen LogP contribution is -2.51. The standard InChI is InChI=1S/C21H23ClN2O5S/c1-14-12-16(22)5-6-17(14)29-15(2)21(27)28-13-19(25)23-7-9-24(10-8-23)20(26)18-4-3-11-30-18/h3-6,11-12,15H,7-10,13H2,1-2H3. The first kappa shape index (κ1) is 22.1. The number of hydrogen-bond donors (Lipinski definition) is 0. The van der Waals surface area contributed by atoms with Crippen LogP contribution in [0.5, 0.6) is 5.75 Å². The molecule has 0 spiro atoms. The van der Waals surface area contributed by atoms with Gasteiger partial charge in [-0.2, -0.15) is 0 Å². The van der Waals surface area contributed by atoms with Crippen LogP contribution in [0.3, 0.4) is 0 Å². The molecule has 3 rings (SSSR count). The minimum atomic E-state index is -0.863. The number of amides is 2. The highest BCUT2D eigenvalue weighted by Gasteiger charge is 2.26. The molecule has 2 aromatic rings. The smallest absolute Gasteiger partial charge is 0.347 e. The Morgan fingerprint density at radius 3 is 2.47 bits per heavy atom. The van der Waals surface area contributed by atoms with E-state index in [4.69, 9.17) is 21.1 Å². The Morgan fingerprint density at radius 2 is 1.83 bits per heavy atom. The number of halogens is 1. The normalized spacial score (nSPS) is 14.9. The summed E-state index contributed by atoms with van der Waals surface area (Å²) in [4.78, 5) is 40.9. The maximum atomic E-state index is 12.4. The molecule has 1 aliphatic rings. The van der Waals surface area contributed by atoms with Crippen molar-refractivity contribution in [2.45, 2.75) is 20.0 Å². The molecular formula is C21H23ClN2O5S. The van der Waals surface area contributed by atoms with E-state index in [2.05, 4.69) is 0 Å². The third-order valence-electron chi connectivity index (χ3n) is 4.76. The van der Waals surface area contributed by atoms with Crippen molar-refractivity contribution in [3.63, 3.8) is 0 Å². The number of esters is 1. The Balaban J connectivity index is 1.43.